The average Bonchev–Trinajstić information content (AvgIpc) is 1.96. The van der Waals surface area contributed by atoms with E-state index < -0.39 is 0 Å². The van der Waals surface area contributed by atoms with Crippen LogP contribution in [0.1, 0.15) is 13.8 Å². The number of nitrogens with zero attached hydrogens (tertiary/aromatic N) is 2. The summed E-state index contributed by atoms with van der Waals surface area (Å²) in [5.74, 6) is 0. The van der Waals surface area contributed by atoms with Crippen LogP contribution in [0.25, 0.3) is 0 Å². The first-order valence-corrected chi connectivity index (χ1v) is 4.29. The predicted octanol–water partition coefficient (Wildman–Crippen LogP) is 0.867. The molecule has 0 aromatic heterocycles. The second kappa shape index (κ2) is 3.42. The Labute approximate surface area is 73.9 Å². The van der Waals surface area contributed by atoms with Crippen LogP contribution >= 0.6 is 0 Å². The van der Waals surface area contributed by atoms with Gasteiger partial charge in [-0.15, -0.1) is 0 Å². The maximum absolute atomic E-state index is 8.91. The Hall–Kier alpha value is -0.590. The summed E-state index contributed by atoms with van der Waals surface area (Å²) in [6, 6.07) is 2.83. The minimum Gasteiger partial charge on any atom is -0.378 e. The lowest BCUT2D eigenvalue weighted by atomic mass is 9.87. The summed E-state index contributed by atoms with van der Waals surface area (Å²) in [6.45, 7) is 6.28. The lowest BCUT2D eigenvalue weighted by Gasteiger charge is -2.39. The summed E-state index contributed by atoms with van der Waals surface area (Å²) in [6.07, 6.45) is 0. The van der Waals surface area contributed by atoms with Crippen molar-refractivity contribution in [3.63, 3.8) is 0 Å². The normalized spacial score (nSPS) is 20.7. The molecule has 1 heterocycles. The van der Waals surface area contributed by atoms with Crippen molar-refractivity contribution in [3.8, 4) is 6.07 Å². The monoisotopic (exact) mass is 168 g/mol. The number of hydrogen-bond donors (Lipinski definition) is 0. The fourth-order valence-corrected chi connectivity index (χ4v) is 1.20. The van der Waals surface area contributed by atoms with E-state index in [2.05, 4.69) is 24.8 Å². The molecule has 3 heteroatoms. The zero-order valence-electron chi connectivity index (χ0n) is 8.00. The van der Waals surface area contributed by atoms with Crippen LogP contribution in [0.15, 0.2) is 0 Å². The molecule has 0 aliphatic carbocycles. The third kappa shape index (κ3) is 1.77. The fourth-order valence-electron chi connectivity index (χ4n) is 1.20. The summed E-state index contributed by atoms with van der Waals surface area (Å²) in [5.41, 5.74) is -0.223. The third-order valence-corrected chi connectivity index (χ3v) is 2.43. The second-order valence-electron chi connectivity index (χ2n) is 3.89. The van der Waals surface area contributed by atoms with Crippen LogP contribution in [0, 0.1) is 16.7 Å². The van der Waals surface area contributed by atoms with Crippen molar-refractivity contribution >= 4 is 0 Å². The zero-order valence-corrected chi connectivity index (χ0v) is 8.00. The molecular formula is C9H16N2O. The van der Waals surface area contributed by atoms with E-state index in [0.717, 1.165) is 6.54 Å². The standard InChI is InChI=1S/C9H16N2O/c1-8(2)11(3)5-9(4-10)6-12-7-9/h8H,5-7H2,1-3H3. The highest BCUT2D eigenvalue weighted by Gasteiger charge is 2.40. The molecule has 0 spiro atoms. The van der Waals surface area contributed by atoms with E-state index >= 15 is 0 Å². The van der Waals surface area contributed by atoms with Crippen LogP contribution in [-0.4, -0.2) is 37.7 Å². The Bertz CT molecular complexity index is 191. The van der Waals surface area contributed by atoms with Gasteiger partial charge in [-0.2, -0.15) is 5.26 Å². The molecule has 12 heavy (non-hydrogen) atoms. The van der Waals surface area contributed by atoms with E-state index in [-0.39, 0.29) is 5.41 Å². The van der Waals surface area contributed by atoms with E-state index in [1.165, 1.54) is 0 Å². The average molecular weight is 168 g/mol. The van der Waals surface area contributed by atoms with E-state index in [9.17, 15) is 0 Å². The van der Waals surface area contributed by atoms with Crippen molar-refractivity contribution in [2.75, 3.05) is 26.8 Å². The molecule has 1 saturated heterocycles. The zero-order chi connectivity index (χ0) is 9.19. The molecule has 0 aromatic carbocycles. The van der Waals surface area contributed by atoms with Gasteiger partial charge in [0, 0.05) is 12.6 Å². The molecule has 0 bridgehead atoms. The van der Waals surface area contributed by atoms with Crippen LogP contribution in [0.4, 0.5) is 0 Å². The summed E-state index contributed by atoms with van der Waals surface area (Å²) < 4.78 is 5.06. The maximum atomic E-state index is 8.91. The van der Waals surface area contributed by atoms with E-state index in [0.29, 0.717) is 19.3 Å². The van der Waals surface area contributed by atoms with Crippen LogP contribution in [0.2, 0.25) is 0 Å². The second-order valence-corrected chi connectivity index (χ2v) is 3.89. The molecule has 1 aliphatic rings. The lowest BCUT2D eigenvalue weighted by molar-refractivity contribution is -0.0913. The molecule has 0 saturated carbocycles. The smallest absolute Gasteiger partial charge is 0.116 e. The van der Waals surface area contributed by atoms with Gasteiger partial charge in [-0.05, 0) is 20.9 Å². The molecule has 0 aromatic rings. The van der Waals surface area contributed by atoms with Crippen LogP contribution < -0.4 is 0 Å². The van der Waals surface area contributed by atoms with Gasteiger partial charge in [-0.1, -0.05) is 0 Å². The van der Waals surface area contributed by atoms with Gasteiger partial charge in [0.2, 0.25) is 0 Å². The van der Waals surface area contributed by atoms with Gasteiger partial charge in [0.05, 0.1) is 19.3 Å². The highest BCUT2D eigenvalue weighted by atomic mass is 16.5. The number of rotatable bonds is 3. The number of ether oxygens (including phenoxy) is 1. The minimum atomic E-state index is -0.223. The van der Waals surface area contributed by atoms with Crippen molar-refractivity contribution in [1.29, 1.82) is 5.26 Å². The van der Waals surface area contributed by atoms with Gasteiger partial charge in [-0.25, -0.2) is 0 Å². The summed E-state index contributed by atoms with van der Waals surface area (Å²) in [7, 11) is 2.04. The molecule has 68 valence electrons. The van der Waals surface area contributed by atoms with Gasteiger partial charge in [0.25, 0.3) is 0 Å². The SMILES string of the molecule is CC(C)N(C)CC1(C#N)COC1. The van der Waals surface area contributed by atoms with Gasteiger partial charge < -0.3 is 9.64 Å². The Morgan fingerprint density at radius 1 is 1.58 bits per heavy atom. The van der Waals surface area contributed by atoms with Crippen molar-refractivity contribution in [2.45, 2.75) is 19.9 Å². The summed E-state index contributed by atoms with van der Waals surface area (Å²) in [5, 5.41) is 8.91. The molecule has 0 atom stereocenters. The van der Waals surface area contributed by atoms with Crippen LogP contribution in [0.5, 0.6) is 0 Å². The largest absolute Gasteiger partial charge is 0.378 e. The topological polar surface area (TPSA) is 36.3 Å². The van der Waals surface area contributed by atoms with E-state index in [1.807, 2.05) is 7.05 Å². The predicted molar refractivity (Wildman–Crippen MR) is 46.6 cm³/mol. The van der Waals surface area contributed by atoms with E-state index in [1.54, 1.807) is 0 Å². The van der Waals surface area contributed by atoms with Gasteiger partial charge in [0.15, 0.2) is 0 Å². The highest BCUT2D eigenvalue weighted by molar-refractivity contribution is 5.05. The van der Waals surface area contributed by atoms with E-state index in [4.69, 9.17) is 10.00 Å². The number of hydrogen-bond acceptors (Lipinski definition) is 3. The van der Waals surface area contributed by atoms with Crippen molar-refractivity contribution in [3.05, 3.63) is 0 Å². The summed E-state index contributed by atoms with van der Waals surface area (Å²) >= 11 is 0. The van der Waals surface area contributed by atoms with Crippen LogP contribution in [0.3, 0.4) is 0 Å². The molecular weight excluding hydrogens is 152 g/mol. The first kappa shape index (κ1) is 9.50. The van der Waals surface area contributed by atoms with Crippen molar-refractivity contribution in [1.82, 2.24) is 4.90 Å². The van der Waals surface area contributed by atoms with Gasteiger partial charge in [-0.3, -0.25) is 0 Å². The Balaban J connectivity index is 2.44. The van der Waals surface area contributed by atoms with Crippen molar-refractivity contribution < 1.29 is 4.74 Å². The Morgan fingerprint density at radius 3 is 2.42 bits per heavy atom. The maximum Gasteiger partial charge on any atom is 0.116 e. The Morgan fingerprint density at radius 2 is 2.17 bits per heavy atom. The lowest BCUT2D eigenvalue weighted by Crippen LogP contribution is -2.50. The van der Waals surface area contributed by atoms with Gasteiger partial charge in [0.1, 0.15) is 5.41 Å². The molecule has 0 amide bonds. The van der Waals surface area contributed by atoms with Gasteiger partial charge >= 0.3 is 0 Å². The molecule has 1 rings (SSSR count). The third-order valence-electron chi connectivity index (χ3n) is 2.43. The number of nitriles is 1. The fraction of sp³-hybridized carbons (Fsp3) is 0.889. The first-order chi connectivity index (χ1) is 5.59. The first-order valence-electron chi connectivity index (χ1n) is 4.29. The molecule has 1 aliphatic heterocycles. The van der Waals surface area contributed by atoms with Crippen molar-refractivity contribution in [2.24, 2.45) is 5.41 Å². The van der Waals surface area contributed by atoms with Crippen LogP contribution in [-0.2, 0) is 4.74 Å². The molecule has 0 unspecified atom stereocenters. The highest BCUT2D eigenvalue weighted by Crippen LogP contribution is 2.27. The quantitative estimate of drug-likeness (QED) is 0.627. The molecule has 0 radical (unpaired) electrons. The molecule has 3 nitrogen and oxygen atoms in total. The minimum absolute atomic E-state index is 0.223. The molecule has 1 fully saturated rings. The summed E-state index contributed by atoms with van der Waals surface area (Å²) in [4.78, 5) is 2.19. The molecule has 0 N–H and O–H groups in total. The Kier molecular flexibility index (Phi) is 2.71.